The highest BCUT2D eigenvalue weighted by atomic mass is 32.2. The van der Waals surface area contributed by atoms with Crippen LogP contribution in [0, 0.1) is 11.6 Å². The summed E-state index contributed by atoms with van der Waals surface area (Å²) in [6.45, 7) is 0. The van der Waals surface area contributed by atoms with Crippen LogP contribution in [0.5, 0.6) is 0 Å². The number of anilines is 1. The average Bonchev–Trinajstić information content (AvgIpc) is 2.76. The van der Waals surface area contributed by atoms with Crippen LogP contribution in [-0.4, -0.2) is 5.75 Å². The maximum Gasteiger partial charge on any atom is 0.149 e. The lowest BCUT2D eigenvalue weighted by Gasteiger charge is -2.15. The molecule has 2 aromatic carbocycles. The highest BCUT2D eigenvalue weighted by molar-refractivity contribution is 7.99. The Morgan fingerprint density at radius 1 is 1.11 bits per heavy atom. The van der Waals surface area contributed by atoms with E-state index in [0.717, 1.165) is 11.8 Å². The molecule has 0 bridgehead atoms. The van der Waals surface area contributed by atoms with Crippen molar-refractivity contribution in [1.82, 2.24) is 0 Å². The second-order valence-corrected chi connectivity index (χ2v) is 5.23. The van der Waals surface area contributed by atoms with Crippen molar-refractivity contribution in [1.29, 1.82) is 0 Å². The molecule has 1 unspecified atom stereocenters. The van der Waals surface area contributed by atoms with E-state index in [1.165, 1.54) is 22.6 Å². The van der Waals surface area contributed by atoms with E-state index in [9.17, 15) is 8.78 Å². The fourth-order valence-electron chi connectivity index (χ4n) is 2.08. The van der Waals surface area contributed by atoms with Crippen molar-refractivity contribution in [3.05, 3.63) is 59.7 Å². The van der Waals surface area contributed by atoms with E-state index < -0.39 is 11.6 Å². The van der Waals surface area contributed by atoms with Gasteiger partial charge in [0.05, 0.1) is 11.7 Å². The van der Waals surface area contributed by atoms with Crippen molar-refractivity contribution in [2.45, 2.75) is 10.9 Å². The summed E-state index contributed by atoms with van der Waals surface area (Å²) in [7, 11) is 0. The van der Waals surface area contributed by atoms with Crippen molar-refractivity contribution in [2.75, 3.05) is 11.1 Å². The van der Waals surface area contributed by atoms with Gasteiger partial charge in [0.25, 0.3) is 0 Å². The summed E-state index contributed by atoms with van der Waals surface area (Å²) >= 11 is 1.75. The van der Waals surface area contributed by atoms with Crippen molar-refractivity contribution in [3.8, 4) is 0 Å². The maximum atomic E-state index is 13.6. The smallest absolute Gasteiger partial charge is 0.149 e. The molecule has 0 fully saturated rings. The van der Waals surface area contributed by atoms with Crippen LogP contribution in [-0.2, 0) is 0 Å². The second kappa shape index (κ2) is 4.61. The molecule has 0 saturated heterocycles. The molecule has 1 nitrogen and oxygen atoms in total. The molecule has 18 heavy (non-hydrogen) atoms. The minimum Gasteiger partial charge on any atom is -0.375 e. The Bertz CT molecular complexity index is 586. The summed E-state index contributed by atoms with van der Waals surface area (Å²) in [5, 5.41) is 3.13. The zero-order valence-electron chi connectivity index (χ0n) is 9.49. The number of fused-ring (bicyclic) bond motifs is 1. The van der Waals surface area contributed by atoms with Crippen molar-refractivity contribution in [3.63, 3.8) is 0 Å². The number of hydrogen-bond acceptors (Lipinski definition) is 2. The summed E-state index contributed by atoms with van der Waals surface area (Å²) in [5.41, 5.74) is 1.52. The quantitative estimate of drug-likeness (QED) is 0.870. The van der Waals surface area contributed by atoms with Gasteiger partial charge >= 0.3 is 0 Å². The molecule has 1 aliphatic heterocycles. The minimum absolute atomic E-state index is 0.0751. The summed E-state index contributed by atoms with van der Waals surface area (Å²) in [4.78, 5) is 1.22. The van der Waals surface area contributed by atoms with E-state index in [1.54, 1.807) is 11.8 Å². The van der Waals surface area contributed by atoms with Crippen molar-refractivity contribution >= 4 is 17.4 Å². The molecule has 3 rings (SSSR count). The molecule has 0 saturated carbocycles. The molecule has 1 aliphatic rings. The first kappa shape index (κ1) is 11.5. The van der Waals surface area contributed by atoms with Crippen LogP contribution in [0.25, 0.3) is 0 Å². The molecule has 1 heterocycles. The van der Waals surface area contributed by atoms with Crippen LogP contribution >= 0.6 is 11.8 Å². The monoisotopic (exact) mass is 263 g/mol. The van der Waals surface area contributed by atoms with Gasteiger partial charge in [0.2, 0.25) is 0 Å². The van der Waals surface area contributed by atoms with Gasteiger partial charge in [-0.25, -0.2) is 8.78 Å². The van der Waals surface area contributed by atoms with E-state index >= 15 is 0 Å². The third-order valence-electron chi connectivity index (χ3n) is 2.96. The van der Waals surface area contributed by atoms with Gasteiger partial charge < -0.3 is 5.32 Å². The lowest BCUT2D eigenvalue weighted by Crippen LogP contribution is -2.10. The molecule has 4 heteroatoms. The summed E-state index contributed by atoms with van der Waals surface area (Å²) < 4.78 is 26.4. The molecule has 1 atom stereocenters. The van der Waals surface area contributed by atoms with Crippen LogP contribution in [0.2, 0.25) is 0 Å². The van der Waals surface area contributed by atoms with Gasteiger partial charge in [0.1, 0.15) is 11.6 Å². The van der Waals surface area contributed by atoms with E-state index in [4.69, 9.17) is 0 Å². The van der Waals surface area contributed by atoms with Gasteiger partial charge in [-0.1, -0.05) is 18.2 Å². The molecule has 0 amide bonds. The van der Waals surface area contributed by atoms with Gasteiger partial charge in [-0.2, -0.15) is 0 Å². The highest BCUT2D eigenvalue weighted by Gasteiger charge is 2.23. The first-order valence-electron chi connectivity index (χ1n) is 5.67. The lowest BCUT2D eigenvalue weighted by atomic mass is 10.1. The topological polar surface area (TPSA) is 12.0 Å². The predicted octanol–water partition coefficient (Wildman–Crippen LogP) is 4.22. The summed E-state index contributed by atoms with van der Waals surface area (Å²) in [5.74, 6) is -0.250. The van der Waals surface area contributed by atoms with Gasteiger partial charge in [0, 0.05) is 16.7 Å². The molecule has 0 radical (unpaired) electrons. The Balaban J connectivity index is 1.86. The molecule has 92 valence electrons. The maximum absolute atomic E-state index is 13.6. The number of halogens is 2. The molecule has 0 spiro atoms. The molecule has 2 aromatic rings. The second-order valence-electron chi connectivity index (χ2n) is 4.17. The van der Waals surface area contributed by atoms with Gasteiger partial charge in [-0.05, 0) is 23.8 Å². The molecular formula is C14H11F2NS. The zero-order valence-corrected chi connectivity index (χ0v) is 10.3. The summed E-state index contributed by atoms with van der Waals surface area (Å²) in [6, 6.07) is 11.7. The third kappa shape index (κ3) is 2.08. The largest absolute Gasteiger partial charge is 0.375 e. The van der Waals surface area contributed by atoms with Crippen LogP contribution < -0.4 is 5.32 Å². The average molecular weight is 263 g/mol. The van der Waals surface area contributed by atoms with Crippen LogP contribution in [0.3, 0.4) is 0 Å². The normalized spacial score (nSPS) is 17.6. The molecule has 0 aromatic heterocycles. The van der Waals surface area contributed by atoms with Gasteiger partial charge in [-0.15, -0.1) is 11.8 Å². The molecule has 1 N–H and O–H groups in total. The van der Waals surface area contributed by atoms with Crippen molar-refractivity contribution < 1.29 is 8.78 Å². The number of thioether (sulfide) groups is 1. The van der Waals surface area contributed by atoms with Crippen LogP contribution in [0.4, 0.5) is 14.5 Å². The van der Waals surface area contributed by atoms with E-state index in [0.29, 0.717) is 5.69 Å². The fraction of sp³-hybridized carbons (Fsp3) is 0.143. The number of benzene rings is 2. The SMILES string of the molecule is Fc1ccc(NC2CSc3ccccc32)c(F)c1. The standard InChI is InChI=1S/C14H11F2NS/c15-9-5-6-12(11(16)7-9)17-13-8-18-14-4-2-1-3-10(13)14/h1-7,13,17H,8H2. The number of nitrogens with one attached hydrogen (secondary N) is 1. The predicted molar refractivity (Wildman–Crippen MR) is 69.9 cm³/mol. The Kier molecular flexibility index (Phi) is 2.96. The lowest BCUT2D eigenvalue weighted by molar-refractivity contribution is 0.584. The Hall–Kier alpha value is -1.55. The van der Waals surface area contributed by atoms with Gasteiger partial charge in [0.15, 0.2) is 0 Å². The highest BCUT2D eigenvalue weighted by Crippen LogP contribution is 2.39. The first-order valence-corrected chi connectivity index (χ1v) is 6.66. The van der Waals surface area contributed by atoms with E-state index in [2.05, 4.69) is 11.4 Å². The number of rotatable bonds is 2. The molecule has 0 aliphatic carbocycles. The Morgan fingerprint density at radius 3 is 2.78 bits per heavy atom. The van der Waals surface area contributed by atoms with Crippen LogP contribution in [0.1, 0.15) is 11.6 Å². The van der Waals surface area contributed by atoms with Gasteiger partial charge in [-0.3, -0.25) is 0 Å². The molecular weight excluding hydrogens is 252 g/mol. The zero-order chi connectivity index (χ0) is 12.5. The van der Waals surface area contributed by atoms with E-state index in [-0.39, 0.29) is 6.04 Å². The first-order chi connectivity index (χ1) is 8.74. The minimum atomic E-state index is -0.556. The van der Waals surface area contributed by atoms with Crippen molar-refractivity contribution in [2.24, 2.45) is 0 Å². The van der Waals surface area contributed by atoms with E-state index in [1.807, 2.05) is 18.2 Å². The Morgan fingerprint density at radius 2 is 1.94 bits per heavy atom. The fourth-order valence-corrected chi connectivity index (χ4v) is 3.24. The number of hydrogen-bond donors (Lipinski definition) is 1. The third-order valence-corrected chi connectivity index (χ3v) is 4.14. The summed E-state index contributed by atoms with van der Waals surface area (Å²) in [6.07, 6.45) is 0. The Labute approximate surface area is 108 Å². The van der Waals surface area contributed by atoms with Crippen LogP contribution in [0.15, 0.2) is 47.4 Å².